The van der Waals surface area contributed by atoms with E-state index in [0.29, 0.717) is 12.1 Å². The fourth-order valence-corrected chi connectivity index (χ4v) is 2.56. The van der Waals surface area contributed by atoms with Gasteiger partial charge in [-0.25, -0.2) is 9.18 Å². The predicted octanol–water partition coefficient (Wildman–Crippen LogP) is 3.14. The van der Waals surface area contributed by atoms with Crippen molar-refractivity contribution in [3.05, 3.63) is 65.0 Å². The predicted molar refractivity (Wildman–Crippen MR) is 96.0 cm³/mol. The number of halogens is 4. The Morgan fingerprint density at radius 1 is 1.17 bits per heavy atom. The lowest BCUT2D eigenvalue weighted by atomic mass is 9.96. The van der Waals surface area contributed by atoms with Crippen LogP contribution in [0.1, 0.15) is 29.2 Å². The standard InChI is InChI=1S/C19H20F4N2O4/c20-14-8-12(13(9-15(14)24)19(21,22)23)17(27)16(26)6-7-25-18(28)29-10-11-4-2-1-3-5-11/h1-5,8-9,16-17,26-27H,6-7,10,24H2,(H,25,28). The fraction of sp³-hybridized carbons (Fsp3) is 0.316. The molecule has 2 atom stereocenters. The maximum absolute atomic E-state index is 13.6. The van der Waals surface area contributed by atoms with E-state index in [9.17, 15) is 32.6 Å². The lowest BCUT2D eigenvalue weighted by molar-refractivity contribution is -0.140. The number of hydrogen-bond acceptors (Lipinski definition) is 5. The number of carbonyl (C=O) groups is 1. The minimum atomic E-state index is -4.91. The smallest absolute Gasteiger partial charge is 0.416 e. The summed E-state index contributed by atoms with van der Waals surface area (Å²) in [7, 11) is 0. The monoisotopic (exact) mass is 416 g/mol. The molecular formula is C19H20F4N2O4. The van der Waals surface area contributed by atoms with Gasteiger partial charge in [-0.15, -0.1) is 0 Å². The van der Waals surface area contributed by atoms with Crippen molar-refractivity contribution in [2.75, 3.05) is 12.3 Å². The maximum atomic E-state index is 13.6. The van der Waals surface area contributed by atoms with E-state index < -0.39 is 47.1 Å². The number of aliphatic hydroxyl groups is 2. The molecule has 0 saturated carbocycles. The molecule has 0 saturated heterocycles. The second kappa shape index (κ2) is 9.57. The molecule has 0 aliphatic carbocycles. The Hall–Kier alpha value is -2.85. The van der Waals surface area contributed by atoms with Crippen LogP contribution < -0.4 is 11.1 Å². The lowest BCUT2D eigenvalue weighted by Crippen LogP contribution is -2.30. The third kappa shape index (κ3) is 6.33. The van der Waals surface area contributed by atoms with Gasteiger partial charge in [0, 0.05) is 6.54 Å². The van der Waals surface area contributed by atoms with Gasteiger partial charge in [0.2, 0.25) is 0 Å². The Labute approximate surface area is 163 Å². The van der Waals surface area contributed by atoms with Crippen molar-refractivity contribution >= 4 is 11.8 Å². The minimum Gasteiger partial charge on any atom is -0.445 e. The molecule has 0 bridgehead atoms. The summed E-state index contributed by atoms with van der Waals surface area (Å²) in [5.74, 6) is -1.15. The zero-order valence-electron chi connectivity index (χ0n) is 15.1. The van der Waals surface area contributed by atoms with Gasteiger partial charge in [-0.1, -0.05) is 30.3 Å². The average Bonchev–Trinajstić information content (AvgIpc) is 2.67. The molecule has 2 aromatic rings. The number of carbonyl (C=O) groups excluding carboxylic acids is 1. The first-order valence-electron chi connectivity index (χ1n) is 8.56. The van der Waals surface area contributed by atoms with Gasteiger partial charge >= 0.3 is 12.3 Å². The lowest BCUT2D eigenvalue weighted by Gasteiger charge is -2.22. The Balaban J connectivity index is 1.91. The largest absolute Gasteiger partial charge is 0.445 e. The molecule has 2 unspecified atom stereocenters. The molecule has 0 aliphatic rings. The Kier molecular flexibility index (Phi) is 7.40. The van der Waals surface area contributed by atoms with Gasteiger partial charge in [0.25, 0.3) is 0 Å². The Bertz CT molecular complexity index is 831. The normalized spacial score (nSPS) is 13.6. The average molecular weight is 416 g/mol. The maximum Gasteiger partial charge on any atom is 0.416 e. The number of rotatable bonds is 7. The minimum absolute atomic E-state index is 0.0114. The molecule has 0 fully saturated rings. The van der Waals surface area contributed by atoms with Gasteiger partial charge in [0.1, 0.15) is 18.5 Å². The highest BCUT2D eigenvalue weighted by molar-refractivity contribution is 5.67. The van der Waals surface area contributed by atoms with E-state index in [1.54, 1.807) is 30.3 Å². The van der Waals surface area contributed by atoms with Crippen LogP contribution in [0, 0.1) is 5.82 Å². The van der Waals surface area contributed by atoms with Crippen LogP contribution in [-0.4, -0.2) is 29.0 Å². The summed E-state index contributed by atoms with van der Waals surface area (Å²) in [6, 6.07) is 9.63. The number of nitrogens with two attached hydrogens (primary N) is 1. The van der Waals surface area contributed by atoms with Crippen LogP contribution in [0.15, 0.2) is 42.5 Å². The number of benzene rings is 2. The number of ether oxygens (including phenoxy) is 1. The summed E-state index contributed by atoms with van der Waals surface area (Å²) >= 11 is 0. The highest BCUT2D eigenvalue weighted by atomic mass is 19.4. The summed E-state index contributed by atoms with van der Waals surface area (Å²) in [4.78, 5) is 11.6. The summed E-state index contributed by atoms with van der Waals surface area (Å²) in [6.45, 7) is -0.178. The molecule has 0 heterocycles. The van der Waals surface area contributed by atoms with Gasteiger partial charge in [-0.2, -0.15) is 13.2 Å². The first-order chi connectivity index (χ1) is 13.6. The number of anilines is 1. The van der Waals surface area contributed by atoms with Crippen molar-refractivity contribution in [2.45, 2.75) is 31.4 Å². The number of alkyl halides is 3. The van der Waals surface area contributed by atoms with Crippen molar-refractivity contribution in [3.8, 4) is 0 Å². The summed E-state index contributed by atoms with van der Waals surface area (Å²) < 4.78 is 57.9. The molecule has 5 N–H and O–H groups in total. The zero-order valence-corrected chi connectivity index (χ0v) is 15.1. The number of hydrogen-bond donors (Lipinski definition) is 4. The molecule has 2 rings (SSSR count). The molecule has 158 valence electrons. The summed E-state index contributed by atoms with van der Waals surface area (Å²) in [6.07, 6.45) is -9.75. The Morgan fingerprint density at radius 3 is 2.45 bits per heavy atom. The second-order valence-corrected chi connectivity index (χ2v) is 6.25. The van der Waals surface area contributed by atoms with Crippen molar-refractivity contribution in [1.82, 2.24) is 5.32 Å². The summed E-state index contributed by atoms with van der Waals surface area (Å²) in [5.41, 5.74) is 2.99. The molecule has 29 heavy (non-hydrogen) atoms. The number of alkyl carbamates (subject to hydrolysis) is 1. The van der Waals surface area contributed by atoms with Crippen LogP contribution in [0.25, 0.3) is 0 Å². The molecule has 1 amide bonds. The van der Waals surface area contributed by atoms with Crippen LogP contribution in [0.5, 0.6) is 0 Å². The molecule has 0 aliphatic heterocycles. The van der Waals surface area contributed by atoms with E-state index in [-0.39, 0.29) is 19.6 Å². The third-order valence-corrected chi connectivity index (χ3v) is 4.08. The number of nitrogen functional groups attached to an aromatic ring is 1. The number of nitrogens with one attached hydrogen (secondary N) is 1. The first-order valence-corrected chi connectivity index (χ1v) is 8.56. The van der Waals surface area contributed by atoms with E-state index >= 15 is 0 Å². The van der Waals surface area contributed by atoms with E-state index in [0.717, 1.165) is 5.56 Å². The second-order valence-electron chi connectivity index (χ2n) is 6.25. The van der Waals surface area contributed by atoms with Crippen molar-refractivity contribution in [1.29, 1.82) is 0 Å². The molecule has 0 spiro atoms. The topological polar surface area (TPSA) is 105 Å². The van der Waals surface area contributed by atoms with Crippen LogP contribution in [0.3, 0.4) is 0 Å². The van der Waals surface area contributed by atoms with Gasteiger partial charge < -0.3 is 26.0 Å². The van der Waals surface area contributed by atoms with Crippen molar-refractivity contribution in [3.63, 3.8) is 0 Å². The van der Waals surface area contributed by atoms with E-state index in [1.807, 2.05) is 0 Å². The van der Waals surface area contributed by atoms with Gasteiger partial charge in [-0.3, -0.25) is 0 Å². The highest BCUT2D eigenvalue weighted by Crippen LogP contribution is 2.38. The SMILES string of the molecule is Nc1cc(C(F)(F)F)c(C(O)C(O)CCNC(=O)OCc2ccccc2)cc1F. The van der Waals surface area contributed by atoms with Crippen LogP contribution in [0.4, 0.5) is 28.0 Å². The summed E-state index contributed by atoms with van der Waals surface area (Å²) in [5, 5.41) is 22.4. The molecule has 10 heteroatoms. The molecule has 2 aromatic carbocycles. The third-order valence-electron chi connectivity index (χ3n) is 4.08. The van der Waals surface area contributed by atoms with E-state index in [2.05, 4.69) is 5.32 Å². The van der Waals surface area contributed by atoms with E-state index in [1.165, 1.54) is 0 Å². The van der Waals surface area contributed by atoms with Gasteiger partial charge in [0.15, 0.2) is 0 Å². The van der Waals surface area contributed by atoms with Crippen LogP contribution >= 0.6 is 0 Å². The molecule has 0 aromatic heterocycles. The zero-order chi connectivity index (χ0) is 21.6. The van der Waals surface area contributed by atoms with Gasteiger partial charge in [-0.05, 0) is 29.7 Å². The van der Waals surface area contributed by atoms with Crippen molar-refractivity contribution in [2.24, 2.45) is 0 Å². The van der Waals surface area contributed by atoms with E-state index in [4.69, 9.17) is 10.5 Å². The Morgan fingerprint density at radius 2 is 1.83 bits per heavy atom. The first kappa shape index (κ1) is 22.4. The molecule has 6 nitrogen and oxygen atoms in total. The highest BCUT2D eigenvalue weighted by Gasteiger charge is 2.37. The molecule has 0 radical (unpaired) electrons. The fourth-order valence-electron chi connectivity index (χ4n) is 2.56. The quantitative estimate of drug-likeness (QED) is 0.410. The number of amides is 1. The van der Waals surface area contributed by atoms with Gasteiger partial charge in [0.05, 0.1) is 17.4 Å². The van der Waals surface area contributed by atoms with Crippen molar-refractivity contribution < 1.29 is 37.3 Å². The number of aliphatic hydroxyl groups excluding tert-OH is 2. The van der Waals surface area contributed by atoms with Crippen LogP contribution in [-0.2, 0) is 17.5 Å². The molecular weight excluding hydrogens is 396 g/mol. The van der Waals surface area contributed by atoms with Crippen LogP contribution in [0.2, 0.25) is 0 Å².